The summed E-state index contributed by atoms with van der Waals surface area (Å²) in [6, 6.07) is 7.42. The summed E-state index contributed by atoms with van der Waals surface area (Å²) in [7, 11) is 0. The highest BCUT2D eigenvalue weighted by Crippen LogP contribution is 2.24. The van der Waals surface area contributed by atoms with Gasteiger partial charge in [0.2, 0.25) is 0 Å². The van der Waals surface area contributed by atoms with Gasteiger partial charge in [0.15, 0.2) is 0 Å². The lowest BCUT2D eigenvalue weighted by atomic mass is 9.95. The molecular formula is C21H30N2O3. The van der Waals surface area contributed by atoms with Crippen molar-refractivity contribution in [2.24, 2.45) is 5.92 Å². The van der Waals surface area contributed by atoms with Crippen molar-refractivity contribution < 1.29 is 14.3 Å². The molecule has 2 heterocycles. The number of hydrogen-bond donors (Lipinski definition) is 0. The third-order valence-corrected chi connectivity index (χ3v) is 5.60. The zero-order valence-electron chi connectivity index (χ0n) is 15.9. The van der Waals surface area contributed by atoms with Gasteiger partial charge in [-0.3, -0.25) is 9.69 Å². The topological polar surface area (TPSA) is 49.9 Å². The second-order valence-electron chi connectivity index (χ2n) is 7.56. The van der Waals surface area contributed by atoms with Crippen molar-refractivity contribution in [2.45, 2.75) is 45.6 Å². The minimum atomic E-state index is -0.344. The van der Waals surface area contributed by atoms with Crippen LogP contribution in [0.15, 0.2) is 24.3 Å². The van der Waals surface area contributed by atoms with Gasteiger partial charge in [0.25, 0.3) is 5.91 Å². The van der Waals surface area contributed by atoms with Gasteiger partial charge < -0.3 is 9.64 Å². The maximum absolute atomic E-state index is 12.7. The summed E-state index contributed by atoms with van der Waals surface area (Å²) in [4.78, 5) is 29.0. The van der Waals surface area contributed by atoms with Crippen LogP contribution in [0.25, 0.3) is 0 Å². The van der Waals surface area contributed by atoms with Gasteiger partial charge in [-0.15, -0.1) is 0 Å². The van der Waals surface area contributed by atoms with Crippen LogP contribution in [-0.4, -0.2) is 60.5 Å². The molecule has 2 fully saturated rings. The molecule has 0 aliphatic carbocycles. The van der Waals surface area contributed by atoms with Crippen molar-refractivity contribution >= 4 is 11.9 Å². The number of ether oxygens (including phenoxy) is 1. The standard InChI is InChI=1S/C21H30N2O3/c1-3-26-21(25)18-8-6-17(7-9-18)20(24)22-13-10-19(11-14-22)23-12-4-5-16(2)15-23/h6-9,16,19H,3-5,10-15H2,1-2H3. The number of rotatable bonds is 4. The van der Waals surface area contributed by atoms with Crippen LogP contribution in [0.2, 0.25) is 0 Å². The molecule has 0 bridgehead atoms. The molecule has 5 nitrogen and oxygen atoms in total. The Kier molecular flexibility index (Phi) is 6.30. The molecule has 0 spiro atoms. The molecule has 0 aromatic heterocycles. The second kappa shape index (κ2) is 8.67. The van der Waals surface area contributed by atoms with Gasteiger partial charge in [0, 0.05) is 31.2 Å². The summed E-state index contributed by atoms with van der Waals surface area (Å²) in [5, 5.41) is 0. The van der Waals surface area contributed by atoms with Crippen LogP contribution in [-0.2, 0) is 4.74 Å². The van der Waals surface area contributed by atoms with Crippen LogP contribution in [0.4, 0.5) is 0 Å². The minimum absolute atomic E-state index is 0.0610. The molecule has 26 heavy (non-hydrogen) atoms. The lowest BCUT2D eigenvalue weighted by Crippen LogP contribution is -2.49. The third kappa shape index (κ3) is 4.44. The number of amides is 1. The van der Waals surface area contributed by atoms with Crippen LogP contribution < -0.4 is 0 Å². The maximum atomic E-state index is 12.7. The van der Waals surface area contributed by atoms with Crippen LogP contribution in [0, 0.1) is 5.92 Å². The molecule has 3 rings (SSSR count). The zero-order chi connectivity index (χ0) is 18.5. The Bertz CT molecular complexity index is 621. The molecule has 0 radical (unpaired) electrons. The monoisotopic (exact) mass is 358 g/mol. The number of piperidine rings is 2. The Labute approximate surface area is 156 Å². The van der Waals surface area contributed by atoms with E-state index in [-0.39, 0.29) is 11.9 Å². The normalized spacial score (nSPS) is 22.2. The van der Waals surface area contributed by atoms with E-state index in [1.54, 1.807) is 31.2 Å². The summed E-state index contributed by atoms with van der Waals surface area (Å²) in [6.07, 6.45) is 4.75. The Hall–Kier alpha value is -1.88. The first kappa shape index (κ1) is 18.9. The van der Waals surface area contributed by atoms with Gasteiger partial charge in [0.05, 0.1) is 12.2 Å². The van der Waals surface area contributed by atoms with Crippen molar-refractivity contribution in [3.63, 3.8) is 0 Å². The number of nitrogens with zero attached hydrogens (tertiary/aromatic N) is 2. The van der Waals surface area contributed by atoms with Gasteiger partial charge in [-0.2, -0.15) is 0 Å². The highest BCUT2D eigenvalue weighted by molar-refractivity contribution is 5.96. The first-order chi connectivity index (χ1) is 12.6. The predicted molar refractivity (Wildman–Crippen MR) is 101 cm³/mol. The first-order valence-electron chi connectivity index (χ1n) is 9.89. The van der Waals surface area contributed by atoms with Crippen LogP contribution >= 0.6 is 0 Å². The summed E-state index contributed by atoms with van der Waals surface area (Å²) < 4.78 is 4.98. The van der Waals surface area contributed by atoms with E-state index in [0.717, 1.165) is 31.8 Å². The largest absolute Gasteiger partial charge is 0.462 e. The number of esters is 1. The molecule has 1 amide bonds. The summed E-state index contributed by atoms with van der Waals surface area (Å²) >= 11 is 0. The first-order valence-corrected chi connectivity index (χ1v) is 9.89. The minimum Gasteiger partial charge on any atom is -0.462 e. The van der Waals surface area contributed by atoms with Gasteiger partial charge in [-0.05, 0) is 69.3 Å². The van der Waals surface area contributed by atoms with E-state index in [1.165, 1.54) is 25.9 Å². The summed E-state index contributed by atoms with van der Waals surface area (Å²) in [5.41, 5.74) is 1.13. The lowest BCUT2D eigenvalue weighted by Gasteiger charge is -2.41. The van der Waals surface area contributed by atoms with E-state index in [4.69, 9.17) is 4.74 Å². The van der Waals surface area contributed by atoms with Crippen molar-refractivity contribution in [3.05, 3.63) is 35.4 Å². The summed E-state index contributed by atoms with van der Waals surface area (Å²) in [6.45, 7) is 8.51. The molecule has 1 atom stereocenters. The van der Waals surface area contributed by atoms with Crippen molar-refractivity contribution in [3.8, 4) is 0 Å². The van der Waals surface area contributed by atoms with Gasteiger partial charge in [-0.1, -0.05) is 6.92 Å². The molecule has 5 heteroatoms. The van der Waals surface area contributed by atoms with E-state index >= 15 is 0 Å². The van der Waals surface area contributed by atoms with Crippen LogP contribution in [0.3, 0.4) is 0 Å². The number of carbonyl (C=O) groups is 2. The third-order valence-electron chi connectivity index (χ3n) is 5.60. The van der Waals surface area contributed by atoms with E-state index in [0.29, 0.717) is 23.8 Å². The number of carbonyl (C=O) groups excluding carboxylic acids is 2. The smallest absolute Gasteiger partial charge is 0.338 e. The van der Waals surface area contributed by atoms with E-state index < -0.39 is 0 Å². The molecule has 0 N–H and O–H groups in total. The highest BCUT2D eigenvalue weighted by Gasteiger charge is 2.29. The molecule has 2 aliphatic rings. The SMILES string of the molecule is CCOC(=O)c1ccc(C(=O)N2CCC(N3CCCC(C)C3)CC2)cc1. The molecule has 2 aliphatic heterocycles. The highest BCUT2D eigenvalue weighted by atomic mass is 16.5. The fourth-order valence-electron chi connectivity index (χ4n) is 4.14. The quantitative estimate of drug-likeness (QED) is 0.776. The Morgan fingerprint density at radius 1 is 1.04 bits per heavy atom. The maximum Gasteiger partial charge on any atom is 0.338 e. The lowest BCUT2D eigenvalue weighted by molar-refractivity contribution is 0.0520. The predicted octanol–water partition coefficient (Wildman–Crippen LogP) is 3.20. The fourth-order valence-corrected chi connectivity index (χ4v) is 4.14. The van der Waals surface area contributed by atoms with Crippen molar-refractivity contribution in [1.82, 2.24) is 9.80 Å². The molecule has 1 aromatic carbocycles. The number of hydrogen-bond acceptors (Lipinski definition) is 4. The second-order valence-corrected chi connectivity index (χ2v) is 7.56. The Morgan fingerprint density at radius 2 is 1.69 bits per heavy atom. The van der Waals surface area contributed by atoms with Gasteiger partial charge in [0.1, 0.15) is 0 Å². The molecule has 1 unspecified atom stereocenters. The fraction of sp³-hybridized carbons (Fsp3) is 0.619. The van der Waals surface area contributed by atoms with Crippen LogP contribution in [0.5, 0.6) is 0 Å². The van der Waals surface area contributed by atoms with Gasteiger partial charge >= 0.3 is 5.97 Å². The van der Waals surface area contributed by atoms with E-state index in [9.17, 15) is 9.59 Å². The Morgan fingerprint density at radius 3 is 2.31 bits per heavy atom. The van der Waals surface area contributed by atoms with Gasteiger partial charge in [-0.25, -0.2) is 4.79 Å². The number of likely N-dealkylation sites (tertiary alicyclic amines) is 2. The molecule has 0 saturated carbocycles. The van der Waals surface area contributed by atoms with E-state index in [1.807, 2.05) is 4.90 Å². The van der Waals surface area contributed by atoms with Crippen molar-refractivity contribution in [1.29, 1.82) is 0 Å². The Balaban J connectivity index is 1.54. The molecule has 142 valence electrons. The average Bonchev–Trinajstić information content (AvgIpc) is 2.68. The zero-order valence-corrected chi connectivity index (χ0v) is 15.9. The van der Waals surface area contributed by atoms with E-state index in [2.05, 4.69) is 11.8 Å². The average molecular weight is 358 g/mol. The number of benzene rings is 1. The van der Waals surface area contributed by atoms with Crippen LogP contribution in [0.1, 0.15) is 60.2 Å². The van der Waals surface area contributed by atoms with Crippen molar-refractivity contribution in [2.75, 3.05) is 32.8 Å². The molecule has 2 saturated heterocycles. The summed E-state index contributed by atoms with van der Waals surface area (Å²) in [5.74, 6) is 0.510. The molecule has 1 aromatic rings. The molecular weight excluding hydrogens is 328 g/mol.